The number of carboxylic acids is 1. The average molecular weight is 1080 g/mol. The number of amides is 4. The van der Waals surface area contributed by atoms with Crippen LogP contribution >= 0.6 is 11.3 Å². The highest BCUT2D eigenvalue weighted by molar-refractivity contribution is 7.19. The number of phenols is 2. The lowest BCUT2D eigenvalue weighted by Crippen LogP contribution is -2.54. The first-order chi connectivity index (χ1) is 36.4. The Morgan fingerprint density at radius 3 is 2.38 bits per heavy atom. The number of nitrogens with one attached hydrogen (secondary N) is 2. The number of nitriles is 1. The number of aliphatic carboxylic acids is 1. The van der Waals surface area contributed by atoms with Gasteiger partial charge >= 0.3 is 12.1 Å². The molecule has 4 amide bonds. The molecule has 17 heteroatoms. The number of aromatic nitrogens is 1. The van der Waals surface area contributed by atoms with E-state index >= 15 is 0 Å². The van der Waals surface area contributed by atoms with E-state index < -0.39 is 23.5 Å². The molecule has 16 nitrogen and oxygen atoms in total. The van der Waals surface area contributed by atoms with E-state index in [0.29, 0.717) is 69.8 Å². The van der Waals surface area contributed by atoms with Gasteiger partial charge in [0.15, 0.2) is 5.01 Å². The van der Waals surface area contributed by atoms with Gasteiger partial charge in [0.05, 0.1) is 16.3 Å². The quantitative estimate of drug-likeness (QED) is 0.0411. The van der Waals surface area contributed by atoms with E-state index in [2.05, 4.69) is 49.5 Å². The number of aliphatic hydroxyl groups excluding tert-OH is 1. The van der Waals surface area contributed by atoms with Gasteiger partial charge in [-0.25, -0.2) is 14.6 Å². The maximum Gasteiger partial charge on any atom is 0.415 e. The first-order valence-corrected chi connectivity index (χ1v) is 28.9. The second kappa shape index (κ2) is 24.5. The van der Waals surface area contributed by atoms with Gasteiger partial charge in [-0.2, -0.15) is 5.26 Å². The number of likely N-dealkylation sites (N-methyl/N-ethyl adjacent to an activating group) is 1. The van der Waals surface area contributed by atoms with Gasteiger partial charge in [0, 0.05) is 85.5 Å². The number of aliphatic hydroxyl groups is 1. The number of phenolic OH excluding ortho intramolecular Hbond substituents is 2. The topological polar surface area (TPSA) is 243 Å². The van der Waals surface area contributed by atoms with E-state index in [9.17, 15) is 49.7 Å². The zero-order valence-corrected chi connectivity index (χ0v) is 47.4. The fraction of sp³-hybridized carbons (Fsp3) is 0.650. The first-order valence-electron chi connectivity index (χ1n) is 28.1. The third-order valence-corrected chi connectivity index (χ3v) is 20.1. The van der Waals surface area contributed by atoms with Gasteiger partial charge < -0.3 is 45.6 Å². The first kappa shape index (κ1) is 58.9. The number of hydrogen-bond donors (Lipinski definition) is 6. The predicted molar refractivity (Wildman–Crippen MR) is 297 cm³/mol. The van der Waals surface area contributed by atoms with Crippen molar-refractivity contribution in [3.63, 3.8) is 0 Å². The fourth-order valence-electron chi connectivity index (χ4n) is 14.7. The lowest BCUT2D eigenvalue weighted by molar-refractivity contribution is -0.142. The van der Waals surface area contributed by atoms with Crippen LogP contribution in [0, 0.1) is 64.6 Å². The molecule has 77 heavy (non-hydrogen) atoms. The molecule has 4 aliphatic rings. The van der Waals surface area contributed by atoms with E-state index in [4.69, 9.17) is 4.74 Å². The Labute approximate surface area is 458 Å². The lowest BCUT2D eigenvalue weighted by atomic mass is 9.44. The molecule has 3 aromatic rings. The van der Waals surface area contributed by atoms with Crippen LogP contribution in [-0.4, -0.2) is 110 Å². The van der Waals surface area contributed by atoms with Crippen LogP contribution in [0.5, 0.6) is 17.2 Å². The SMILES string of the molecule is C=c1c(C)c(O)c(=C)c(C(C)(C)CC(=O)N(C)CCN(CCCC(=O)NCCCCC(NC(=O)CCC(C)C2CCC3C4CCC5CC(O)CCC5(C)C4CCC23C)C(=O)O)C(=O)Oc2ccc3nc(C#N)sc3c2)c1O. The van der Waals surface area contributed by atoms with Gasteiger partial charge in [0.2, 0.25) is 17.7 Å². The molecule has 1 aromatic heterocycles. The Balaban J connectivity index is 0.849. The van der Waals surface area contributed by atoms with E-state index in [-0.39, 0.29) is 114 Å². The molecular formula is C60H84N6O10S. The summed E-state index contributed by atoms with van der Waals surface area (Å²) in [4.78, 5) is 73.1. The summed E-state index contributed by atoms with van der Waals surface area (Å²) in [6.45, 7) is 20.9. The fourth-order valence-corrected chi connectivity index (χ4v) is 15.5. The van der Waals surface area contributed by atoms with Gasteiger partial charge in [0.25, 0.3) is 0 Å². The highest BCUT2D eigenvalue weighted by Gasteiger charge is 2.60. The minimum Gasteiger partial charge on any atom is -0.507 e. The number of fused-ring (bicyclic) bond motifs is 6. The standard InChI is InChI=1S/C60H84N6O10S/c1-35(43-19-20-44-42-18-16-39-31-40(67)23-25-59(39,7)45(42)24-26-60(43,44)8)15-22-50(69)63-47(56(73)74)13-10-11-27-62-49(68)14-12-28-66(57(75)76-41-17-21-46-48(32-41)77-51(34-61)64-46)30-29-65(9)52(70)33-58(5,6)53-38(4)54(71)36(2)37(3)55(53)72/h17,21,32,35,39-40,42-45,47,67,71-72H,3-4,10-16,18-20,22-31,33H2,1-2,5-9H3,(H,62,68)(H,63,69)(H,73,74). The van der Waals surface area contributed by atoms with Crippen molar-refractivity contribution in [3.05, 3.63) is 44.8 Å². The summed E-state index contributed by atoms with van der Waals surface area (Å²) >= 11 is 1.17. The van der Waals surface area contributed by atoms with Crippen molar-refractivity contribution in [1.29, 1.82) is 5.26 Å². The van der Waals surface area contributed by atoms with Gasteiger partial charge in [-0.05, 0) is 155 Å². The lowest BCUT2D eigenvalue weighted by Gasteiger charge is -2.61. The van der Waals surface area contributed by atoms with Crippen molar-refractivity contribution in [2.45, 2.75) is 168 Å². The average Bonchev–Trinajstić information content (AvgIpc) is 4.06. The number of carbonyl (C=O) groups excluding carboxylic acids is 4. The molecular weight excluding hydrogens is 997 g/mol. The van der Waals surface area contributed by atoms with E-state index in [1.165, 1.54) is 59.7 Å². The largest absolute Gasteiger partial charge is 0.507 e. The van der Waals surface area contributed by atoms with Gasteiger partial charge in [-0.3, -0.25) is 14.4 Å². The summed E-state index contributed by atoms with van der Waals surface area (Å²) in [7, 11) is 1.60. The number of rotatable bonds is 22. The summed E-state index contributed by atoms with van der Waals surface area (Å²) in [5.41, 5.74) is 0.944. The van der Waals surface area contributed by atoms with Gasteiger partial charge in [-0.1, -0.05) is 47.8 Å². The molecule has 7 rings (SSSR count). The molecule has 2 aromatic carbocycles. The number of benzene rings is 2. The Hall–Kier alpha value is -5.73. The third kappa shape index (κ3) is 13.1. The molecule has 6 N–H and O–H groups in total. The van der Waals surface area contributed by atoms with Crippen molar-refractivity contribution >= 4 is 64.5 Å². The molecule has 4 fully saturated rings. The van der Waals surface area contributed by atoms with E-state index in [1.807, 2.05) is 6.07 Å². The second-order valence-corrected chi connectivity index (χ2v) is 25.4. The maximum atomic E-state index is 13.7. The number of aromatic hydroxyl groups is 2. The molecule has 420 valence electrons. The van der Waals surface area contributed by atoms with Crippen molar-refractivity contribution < 1.29 is 49.1 Å². The number of hydrogen-bond acceptors (Lipinski definition) is 12. The number of nitrogens with zero attached hydrogens (tertiary/aromatic N) is 4. The third-order valence-electron chi connectivity index (χ3n) is 19.2. The molecule has 10 unspecified atom stereocenters. The monoisotopic (exact) mass is 1080 g/mol. The Morgan fingerprint density at radius 2 is 1.65 bits per heavy atom. The molecule has 0 radical (unpaired) electrons. The van der Waals surface area contributed by atoms with E-state index in [1.54, 1.807) is 46.0 Å². The molecule has 0 saturated heterocycles. The van der Waals surface area contributed by atoms with Crippen molar-refractivity contribution in [3.8, 4) is 23.3 Å². The van der Waals surface area contributed by atoms with Crippen LogP contribution in [0.15, 0.2) is 18.2 Å². The number of ether oxygens (including phenoxy) is 1. The molecule has 0 bridgehead atoms. The highest BCUT2D eigenvalue weighted by atomic mass is 32.1. The van der Waals surface area contributed by atoms with Crippen molar-refractivity contribution in [2.75, 3.05) is 33.2 Å². The predicted octanol–water partition coefficient (Wildman–Crippen LogP) is 8.41. The molecule has 0 spiro atoms. The summed E-state index contributed by atoms with van der Waals surface area (Å²) in [5, 5.41) is 57.9. The van der Waals surface area contributed by atoms with Crippen LogP contribution in [0.3, 0.4) is 0 Å². The minimum absolute atomic E-state index is 0.0556. The van der Waals surface area contributed by atoms with Crippen molar-refractivity contribution in [2.24, 2.45) is 46.3 Å². The summed E-state index contributed by atoms with van der Waals surface area (Å²) in [5.74, 6) is 1.83. The van der Waals surface area contributed by atoms with Crippen LogP contribution < -0.4 is 25.8 Å². The van der Waals surface area contributed by atoms with Crippen molar-refractivity contribution in [1.82, 2.24) is 25.4 Å². The van der Waals surface area contributed by atoms with Crippen LogP contribution in [0.25, 0.3) is 23.4 Å². The van der Waals surface area contributed by atoms with Crippen LogP contribution in [0.1, 0.15) is 160 Å². The molecule has 4 saturated carbocycles. The Bertz CT molecular complexity index is 2830. The summed E-state index contributed by atoms with van der Waals surface area (Å²) in [6.07, 6.45) is 12.1. The zero-order chi connectivity index (χ0) is 56.1. The number of carboxylic acid groups (broad SMARTS) is 1. The van der Waals surface area contributed by atoms with Crippen LogP contribution in [0.4, 0.5) is 4.79 Å². The van der Waals surface area contributed by atoms with E-state index in [0.717, 1.165) is 37.5 Å². The van der Waals surface area contributed by atoms with Gasteiger partial charge in [-0.15, -0.1) is 11.3 Å². The highest BCUT2D eigenvalue weighted by Crippen LogP contribution is 2.68. The molecule has 0 aliphatic heterocycles. The number of unbranched alkanes of at least 4 members (excludes halogenated alkanes) is 1. The van der Waals surface area contributed by atoms with Gasteiger partial charge in [0.1, 0.15) is 29.4 Å². The normalized spacial score (nSPS) is 25.5. The Morgan fingerprint density at radius 1 is 0.922 bits per heavy atom. The second-order valence-electron chi connectivity index (χ2n) is 24.4. The number of thiazole rings is 1. The molecule has 10 atom stereocenters. The minimum atomic E-state index is -1.09. The summed E-state index contributed by atoms with van der Waals surface area (Å²) < 4.78 is 6.43. The van der Waals surface area contributed by atoms with Crippen LogP contribution in [0.2, 0.25) is 0 Å². The zero-order valence-electron chi connectivity index (χ0n) is 46.5. The number of carbonyl (C=O) groups is 5. The van der Waals surface area contributed by atoms with Crippen LogP contribution in [-0.2, 0) is 24.6 Å². The smallest absolute Gasteiger partial charge is 0.415 e. The maximum absolute atomic E-state index is 13.7. The molecule has 1 heterocycles. The molecule has 4 aliphatic carbocycles. The Kier molecular flexibility index (Phi) is 18.8. The summed E-state index contributed by atoms with van der Waals surface area (Å²) in [6, 6.07) is 5.85.